The van der Waals surface area contributed by atoms with E-state index in [0.29, 0.717) is 13.2 Å². The number of ether oxygens (including phenoxy) is 1. The van der Waals surface area contributed by atoms with E-state index in [0.717, 1.165) is 47.1 Å². The van der Waals surface area contributed by atoms with Gasteiger partial charge in [0.25, 0.3) is 0 Å². The van der Waals surface area contributed by atoms with Crippen LogP contribution < -0.4 is 0 Å². The molecule has 2 aromatic rings. The van der Waals surface area contributed by atoms with Crippen molar-refractivity contribution in [2.24, 2.45) is 0 Å². The Labute approximate surface area is 157 Å². The number of likely N-dealkylation sites (N-methyl/N-ethyl adjacent to an activating group) is 1. The van der Waals surface area contributed by atoms with E-state index in [9.17, 15) is 4.79 Å². The van der Waals surface area contributed by atoms with Crippen LogP contribution in [0.2, 0.25) is 0 Å². The fourth-order valence-corrected chi connectivity index (χ4v) is 4.64. The lowest BCUT2D eigenvalue weighted by Crippen LogP contribution is -2.45. The maximum absolute atomic E-state index is 12.8. The summed E-state index contributed by atoms with van der Waals surface area (Å²) in [6.45, 7) is 6.91. The van der Waals surface area contributed by atoms with Crippen LogP contribution in [0.3, 0.4) is 0 Å². The number of nitrogens with zero attached hydrogens (tertiary/aromatic N) is 2. The lowest BCUT2D eigenvalue weighted by atomic mass is 10.0. The van der Waals surface area contributed by atoms with Gasteiger partial charge in [0, 0.05) is 48.1 Å². The van der Waals surface area contributed by atoms with Gasteiger partial charge in [0.1, 0.15) is 0 Å². The first-order valence-electron chi connectivity index (χ1n) is 8.58. The molecular weight excluding hydrogens is 352 g/mol. The quantitative estimate of drug-likeness (QED) is 0.571. The summed E-state index contributed by atoms with van der Waals surface area (Å²) in [7, 11) is 2.14. The molecule has 0 saturated carbocycles. The van der Waals surface area contributed by atoms with Gasteiger partial charge < -0.3 is 9.64 Å². The van der Waals surface area contributed by atoms with E-state index in [-0.39, 0.29) is 5.97 Å². The second-order valence-electron chi connectivity index (χ2n) is 6.11. The Morgan fingerprint density at radius 1 is 1.08 bits per heavy atom. The van der Waals surface area contributed by atoms with Gasteiger partial charge in [-0.15, -0.1) is 22.7 Å². The molecule has 0 amide bonds. The monoisotopic (exact) mass is 376 g/mol. The molecule has 1 saturated heterocycles. The molecule has 6 heteroatoms. The molecule has 0 atom stereocenters. The van der Waals surface area contributed by atoms with Crippen LogP contribution in [0, 0.1) is 0 Å². The summed E-state index contributed by atoms with van der Waals surface area (Å²) in [6.07, 6.45) is 0. The van der Waals surface area contributed by atoms with Crippen LogP contribution in [0.25, 0.3) is 5.57 Å². The molecule has 0 aliphatic carbocycles. The van der Waals surface area contributed by atoms with Crippen LogP contribution in [0.5, 0.6) is 0 Å². The SMILES string of the molecule is CCOC(=O)C(CN1CCN(C)CC1)=C(c1cccs1)c1cccs1. The highest BCUT2D eigenvalue weighted by atomic mass is 32.1. The Balaban J connectivity index is 1.99. The van der Waals surface area contributed by atoms with Crippen molar-refractivity contribution in [1.82, 2.24) is 9.80 Å². The first-order chi connectivity index (χ1) is 12.2. The van der Waals surface area contributed by atoms with Gasteiger partial charge in [0.05, 0.1) is 12.2 Å². The highest BCUT2D eigenvalue weighted by Crippen LogP contribution is 2.34. The standard InChI is InChI=1S/C19H24N2O2S2/c1-3-23-19(22)15(14-21-10-8-20(2)9-11-21)18(16-6-4-12-24-16)17-7-5-13-25-17/h4-7,12-13H,3,8-11,14H2,1-2H3. The molecule has 134 valence electrons. The summed E-state index contributed by atoms with van der Waals surface area (Å²) in [4.78, 5) is 19.7. The van der Waals surface area contributed by atoms with Crippen molar-refractivity contribution in [2.75, 3.05) is 46.4 Å². The van der Waals surface area contributed by atoms with Gasteiger partial charge >= 0.3 is 5.97 Å². The fraction of sp³-hybridized carbons (Fsp3) is 0.421. The number of hydrogen-bond acceptors (Lipinski definition) is 6. The molecule has 3 heterocycles. The minimum atomic E-state index is -0.196. The van der Waals surface area contributed by atoms with Crippen LogP contribution >= 0.6 is 22.7 Å². The lowest BCUT2D eigenvalue weighted by molar-refractivity contribution is -0.138. The molecule has 1 fully saturated rings. The molecule has 2 aromatic heterocycles. The largest absolute Gasteiger partial charge is 0.463 e. The highest BCUT2D eigenvalue weighted by molar-refractivity contribution is 7.13. The molecular formula is C19H24N2O2S2. The van der Waals surface area contributed by atoms with Gasteiger partial charge in [-0.3, -0.25) is 4.90 Å². The smallest absolute Gasteiger partial charge is 0.336 e. The van der Waals surface area contributed by atoms with E-state index in [1.807, 2.05) is 19.1 Å². The molecule has 3 rings (SSSR count). The molecule has 0 radical (unpaired) electrons. The van der Waals surface area contributed by atoms with Gasteiger partial charge in [-0.2, -0.15) is 0 Å². The summed E-state index contributed by atoms with van der Waals surface area (Å²) in [5.41, 5.74) is 1.80. The van der Waals surface area contributed by atoms with Crippen molar-refractivity contribution < 1.29 is 9.53 Å². The summed E-state index contributed by atoms with van der Waals surface area (Å²) in [5, 5.41) is 4.11. The fourth-order valence-electron chi connectivity index (χ4n) is 2.95. The van der Waals surface area contributed by atoms with Gasteiger partial charge in [0.2, 0.25) is 0 Å². The normalized spacial score (nSPS) is 15.9. The maximum Gasteiger partial charge on any atom is 0.336 e. The van der Waals surface area contributed by atoms with Crippen molar-refractivity contribution in [1.29, 1.82) is 0 Å². The number of rotatable bonds is 6. The second-order valence-corrected chi connectivity index (χ2v) is 8.00. The minimum absolute atomic E-state index is 0.196. The third-order valence-electron chi connectivity index (χ3n) is 4.34. The molecule has 0 bridgehead atoms. The van der Waals surface area contributed by atoms with E-state index in [1.54, 1.807) is 22.7 Å². The second kappa shape index (κ2) is 8.76. The zero-order valence-electron chi connectivity index (χ0n) is 14.7. The number of piperazine rings is 1. The number of carbonyl (C=O) groups excluding carboxylic acids is 1. The molecule has 1 aliphatic heterocycles. The topological polar surface area (TPSA) is 32.8 Å². The van der Waals surface area contributed by atoms with E-state index >= 15 is 0 Å². The lowest BCUT2D eigenvalue weighted by Gasteiger charge is -2.33. The van der Waals surface area contributed by atoms with Crippen molar-refractivity contribution in [3.05, 3.63) is 50.4 Å². The predicted molar refractivity (Wildman–Crippen MR) is 105 cm³/mol. The zero-order valence-corrected chi connectivity index (χ0v) is 16.4. The molecule has 4 nitrogen and oxygen atoms in total. The number of carbonyl (C=O) groups is 1. The van der Waals surface area contributed by atoms with Crippen LogP contribution in [-0.4, -0.2) is 62.1 Å². The first kappa shape index (κ1) is 18.3. The Bertz CT molecular complexity index is 664. The van der Waals surface area contributed by atoms with E-state index in [1.165, 1.54) is 0 Å². The minimum Gasteiger partial charge on any atom is -0.463 e. The van der Waals surface area contributed by atoms with Crippen molar-refractivity contribution in [3.63, 3.8) is 0 Å². The van der Waals surface area contributed by atoms with Gasteiger partial charge in [-0.05, 0) is 36.9 Å². The Morgan fingerprint density at radius 2 is 1.68 bits per heavy atom. The van der Waals surface area contributed by atoms with Gasteiger partial charge in [-0.25, -0.2) is 4.79 Å². The molecule has 0 unspecified atom stereocenters. The van der Waals surface area contributed by atoms with Crippen molar-refractivity contribution in [3.8, 4) is 0 Å². The molecule has 0 N–H and O–H groups in total. The highest BCUT2D eigenvalue weighted by Gasteiger charge is 2.24. The van der Waals surface area contributed by atoms with Crippen LogP contribution in [0.15, 0.2) is 40.6 Å². The van der Waals surface area contributed by atoms with E-state index in [2.05, 4.69) is 39.7 Å². The Morgan fingerprint density at radius 3 is 2.16 bits per heavy atom. The molecule has 0 aromatic carbocycles. The van der Waals surface area contributed by atoms with E-state index < -0.39 is 0 Å². The number of esters is 1. The average Bonchev–Trinajstić information content (AvgIpc) is 3.30. The Kier molecular flexibility index (Phi) is 6.42. The van der Waals surface area contributed by atoms with Crippen LogP contribution in [0.1, 0.15) is 16.7 Å². The number of hydrogen-bond donors (Lipinski definition) is 0. The number of thiophene rings is 2. The average molecular weight is 377 g/mol. The van der Waals surface area contributed by atoms with Crippen LogP contribution in [0.4, 0.5) is 0 Å². The van der Waals surface area contributed by atoms with E-state index in [4.69, 9.17) is 4.74 Å². The third kappa shape index (κ3) is 4.58. The predicted octanol–water partition coefficient (Wildman–Crippen LogP) is 3.42. The summed E-state index contributed by atoms with van der Waals surface area (Å²) >= 11 is 3.34. The third-order valence-corrected chi connectivity index (χ3v) is 6.11. The van der Waals surface area contributed by atoms with Crippen molar-refractivity contribution in [2.45, 2.75) is 6.92 Å². The summed E-state index contributed by atoms with van der Waals surface area (Å²) in [6, 6.07) is 8.24. The summed E-state index contributed by atoms with van der Waals surface area (Å²) in [5.74, 6) is -0.196. The summed E-state index contributed by atoms with van der Waals surface area (Å²) < 4.78 is 5.42. The van der Waals surface area contributed by atoms with Crippen molar-refractivity contribution >= 4 is 34.2 Å². The van der Waals surface area contributed by atoms with Gasteiger partial charge in [0.15, 0.2) is 0 Å². The van der Waals surface area contributed by atoms with Gasteiger partial charge in [-0.1, -0.05) is 12.1 Å². The zero-order chi connectivity index (χ0) is 17.6. The molecule has 25 heavy (non-hydrogen) atoms. The maximum atomic E-state index is 12.8. The Hall–Kier alpha value is -1.47. The van der Waals surface area contributed by atoms with Crippen LogP contribution in [-0.2, 0) is 9.53 Å². The molecule has 0 spiro atoms. The molecule has 1 aliphatic rings. The first-order valence-corrected chi connectivity index (χ1v) is 10.3.